The Bertz CT molecular complexity index is 464. The lowest BCUT2D eigenvalue weighted by Crippen LogP contribution is -2.32. The lowest BCUT2D eigenvalue weighted by Gasteiger charge is -2.26. The third-order valence-electron chi connectivity index (χ3n) is 3.62. The van der Waals surface area contributed by atoms with Gasteiger partial charge < -0.3 is 5.11 Å². The Morgan fingerprint density at radius 1 is 1.58 bits per heavy atom. The largest absolute Gasteiger partial charge is 0.478 e. The average molecular weight is 279 g/mol. The molecule has 1 fully saturated rings. The fourth-order valence-electron chi connectivity index (χ4n) is 2.73. The van der Waals surface area contributed by atoms with E-state index in [2.05, 4.69) is 24.8 Å². The predicted octanol–water partition coefficient (Wildman–Crippen LogP) is 3.47. The molecule has 1 unspecified atom stereocenters. The second-order valence-corrected chi connectivity index (χ2v) is 6.60. The Hall–Kier alpha value is -1.13. The molecular weight excluding hydrogens is 258 g/mol. The van der Waals surface area contributed by atoms with Crippen molar-refractivity contribution in [2.75, 3.05) is 6.54 Å². The minimum atomic E-state index is -0.894. The van der Waals surface area contributed by atoms with Crippen LogP contribution in [0.5, 0.6) is 0 Å². The lowest BCUT2D eigenvalue weighted by atomic mass is 10.0. The van der Waals surface area contributed by atoms with Crippen molar-refractivity contribution in [3.8, 4) is 0 Å². The lowest BCUT2D eigenvalue weighted by molar-refractivity contribution is -0.131. The smallest absolute Gasteiger partial charge is 0.328 e. The molecule has 4 heteroatoms. The van der Waals surface area contributed by atoms with Crippen LogP contribution in [-0.2, 0) is 11.3 Å². The highest BCUT2D eigenvalue weighted by Crippen LogP contribution is 2.28. The summed E-state index contributed by atoms with van der Waals surface area (Å²) in [5.41, 5.74) is 0. The fourth-order valence-corrected chi connectivity index (χ4v) is 3.67. The third kappa shape index (κ3) is 3.91. The summed E-state index contributed by atoms with van der Waals surface area (Å²) in [7, 11) is 0. The van der Waals surface area contributed by atoms with Crippen LogP contribution in [0.4, 0.5) is 0 Å². The van der Waals surface area contributed by atoms with Gasteiger partial charge in [-0.05, 0) is 43.5 Å². The number of hydrogen-bond donors (Lipinski definition) is 1. The van der Waals surface area contributed by atoms with E-state index in [9.17, 15) is 4.79 Å². The predicted molar refractivity (Wildman–Crippen MR) is 79.3 cm³/mol. The Balaban J connectivity index is 1.98. The molecule has 0 amide bonds. The zero-order chi connectivity index (χ0) is 13.8. The number of carboxylic acid groups (broad SMARTS) is 1. The summed E-state index contributed by atoms with van der Waals surface area (Å²) in [5, 5.41) is 8.62. The molecule has 1 aromatic heterocycles. The van der Waals surface area contributed by atoms with Crippen LogP contribution in [0.3, 0.4) is 0 Å². The van der Waals surface area contributed by atoms with Gasteiger partial charge >= 0.3 is 5.97 Å². The van der Waals surface area contributed by atoms with Gasteiger partial charge in [0.2, 0.25) is 0 Å². The van der Waals surface area contributed by atoms with E-state index in [4.69, 9.17) is 5.11 Å². The van der Waals surface area contributed by atoms with Crippen LogP contribution < -0.4 is 0 Å². The maximum absolute atomic E-state index is 10.5. The number of likely N-dealkylation sites (tertiary alicyclic amines) is 1. The molecule has 1 aliphatic heterocycles. The summed E-state index contributed by atoms with van der Waals surface area (Å²) < 4.78 is 0. The molecule has 1 aromatic rings. The maximum Gasteiger partial charge on any atom is 0.328 e. The first kappa shape index (κ1) is 14.3. The van der Waals surface area contributed by atoms with Crippen LogP contribution in [0, 0.1) is 5.92 Å². The van der Waals surface area contributed by atoms with Crippen molar-refractivity contribution in [2.45, 2.75) is 39.3 Å². The van der Waals surface area contributed by atoms with Gasteiger partial charge in [-0.2, -0.15) is 0 Å². The molecule has 0 saturated carbocycles. The molecule has 0 aliphatic carbocycles. The van der Waals surface area contributed by atoms with Gasteiger partial charge in [-0.25, -0.2) is 4.79 Å². The molecule has 3 nitrogen and oxygen atoms in total. The van der Waals surface area contributed by atoms with Crippen molar-refractivity contribution in [3.05, 3.63) is 28.0 Å². The van der Waals surface area contributed by atoms with E-state index in [-0.39, 0.29) is 0 Å². The Morgan fingerprint density at radius 2 is 2.37 bits per heavy atom. The molecule has 0 aromatic carbocycles. The van der Waals surface area contributed by atoms with Crippen molar-refractivity contribution in [1.29, 1.82) is 0 Å². The molecule has 1 N–H and O–H groups in total. The Morgan fingerprint density at radius 3 is 3.05 bits per heavy atom. The van der Waals surface area contributed by atoms with E-state index in [0.29, 0.717) is 12.0 Å². The van der Waals surface area contributed by atoms with Crippen molar-refractivity contribution in [2.24, 2.45) is 5.92 Å². The van der Waals surface area contributed by atoms with Crippen LogP contribution in [-0.4, -0.2) is 28.6 Å². The molecule has 104 valence electrons. The minimum Gasteiger partial charge on any atom is -0.478 e. The zero-order valence-corrected chi connectivity index (χ0v) is 12.3. The Labute approximate surface area is 118 Å². The minimum absolute atomic E-state index is 0.695. The molecule has 2 rings (SSSR count). The number of hydrogen-bond acceptors (Lipinski definition) is 3. The van der Waals surface area contributed by atoms with Crippen molar-refractivity contribution < 1.29 is 9.90 Å². The standard InChI is InChI=1S/C15H21NO2S/c1-11(2)14-4-3-9-16(14)10-13-6-5-12(19-13)7-8-15(17)18/h5-8,11,14H,3-4,9-10H2,1-2H3,(H,17,18)/b8-7+. The van der Waals surface area contributed by atoms with Crippen LogP contribution in [0.25, 0.3) is 6.08 Å². The zero-order valence-electron chi connectivity index (χ0n) is 11.5. The highest BCUT2D eigenvalue weighted by Gasteiger charge is 2.26. The van der Waals surface area contributed by atoms with Crippen molar-refractivity contribution in [1.82, 2.24) is 4.90 Å². The molecule has 1 atom stereocenters. The van der Waals surface area contributed by atoms with Crippen LogP contribution >= 0.6 is 11.3 Å². The SMILES string of the molecule is CC(C)C1CCCN1Cc1ccc(/C=C/C(=O)O)s1. The number of aliphatic carboxylic acids is 1. The molecular formula is C15H21NO2S. The van der Waals surface area contributed by atoms with E-state index in [0.717, 1.165) is 11.4 Å². The van der Waals surface area contributed by atoms with E-state index in [1.165, 1.54) is 30.3 Å². The van der Waals surface area contributed by atoms with Crippen molar-refractivity contribution >= 4 is 23.4 Å². The van der Waals surface area contributed by atoms with Gasteiger partial charge in [-0.3, -0.25) is 4.90 Å². The summed E-state index contributed by atoms with van der Waals surface area (Å²) in [6.45, 7) is 6.76. The van der Waals surface area contributed by atoms with E-state index >= 15 is 0 Å². The van der Waals surface area contributed by atoms with Gasteiger partial charge in [0.25, 0.3) is 0 Å². The van der Waals surface area contributed by atoms with E-state index < -0.39 is 5.97 Å². The summed E-state index contributed by atoms with van der Waals surface area (Å²) >= 11 is 1.68. The molecule has 0 bridgehead atoms. The maximum atomic E-state index is 10.5. The summed E-state index contributed by atoms with van der Waals surface area (Å²) in [4.78, 5) is 15.4. The number of carbonyl (C=O) groups is 1. The monoisotopic (exact) mass is 279 g/mol. The van der Waals surface area contributed by atoms with Crippen LogP contribution in [0.1, 0.15) is 36.4 Å². The first-order valence-corrected chi connectivity index (χ1v) is 7.61. The topological polar surface area (TPSA) is 40.5 Å². The van der Waals surface area contributed by atoms with Gasteiger partial charge in [0.15, 0.2) is 0 Å². The first-order valence-electron chi connectivity index (χ1n) is 6.80. The summed E-state index contributed by atoms with van der Waals surface area (Å²) in [6.07, 6.45) is 5.46. The van der Waals surface area contributed by atoms with Gasteiger partial charge in [0.05, 0.1) is 0 Å². The van der Waals surface area contributed by atoms with Crippen LogP contribution in [0.2, 0.25) is 0 Å². The van der Waals surface area contributed by atoms with Gasteiger partial charge in [-0.1, -0.05) is 13.8 Å². The number of nitrogens with zero attached hydrogens (tertiary/aromatic N) is 1. The Kier molecular flexibility index (Phi) is 4.77. The number of thiophene rings is 1. The molecule has 1 aliphatic rings. The molecule has 19 heavy (non-hydrogen) atoms. The second kappa shape index (κ2) is 6.35. The van der Waals surface area contributed by atoms with E-state index in [1.54, 1.807) is 17.4 Å². The number of carboxylic acids is 1. The first-order chi connectivity index (χ1) is 9.06. The molecule has 1 saturated heterocycles. The van der Waals surface area contributed by atoms with Gasteiger partial charge in [0, 0.05) is 28.4 Å². The normalized spacial score (nSPS) is 20.7. The summed E-state index contributed by atoms with van der Waals surface area (Å²) in [5.74, 6) is -0.191. The highest BCUT2D eigenvalue weighted by atomic mass is 32.1. The fraction of sp³-hybridized carbons (Fsp3) is 0.533. The number of rotatable bonds is 5. The quantitative estimate of drug-likeness (QED) is 0.839. The van der Waals surface area contributed by atoms with Crippen molar-refractivity contribution in [3.63, 3.8) is 0 Å². The third-order valence-corrected chi connectivity index (χ3v) is 4.65. The second-order valence-electron chi connectivity index (χ2n) is 5.40. The molecule has 0 spiro atoms. The van der Waals surface area contributed by atoms with Gasteiger partial charge in [0.1, 0.15) is 0 Å². The summed E-state index contributed by atoms with van der Waals surface area (Å²) in [6, 6.07) is 4.81. The molecule has 0 radical (unpaired) electrons. The molecule has 2 heterocycles. The average Bonchev–Trinajstić information content (AvgIpc) is 2.96. The van der Waals surface area contributed by atoms with Crippen LogP contribution in [0.15, 0.2) is 18.2 Å². The van der Waals surface area contributed by atoms with E-state index in [1.807, 2.05) is 6.07 Å². The van der Waals surface area contributed by atoms with Gasteiger partial charge in [-0.15, -0.1) is 11.3 Å². The highest BCUT2D eigenvalue weighted by molar-refractivity contribution is 7.12.